The molecule has 1 aliphatic rings. The van der Waals surface area contributed by atoms with E-state index in [1.54, 1.807) is 0 Å². The van der Waals surface area contributed by atoms with E-state index in [1.807, 2.05) is 0 Å². The average Bonchev–Trinajstić information content (AvgIpc) is 2.91. The molecule has 30 heavy (non-hydrogen) atoms. The van der Waals surface area contributed by atoms with Gasteiger partial charge in [-0.25, -0.2) is 0 Å². The normalized spacial score (nSPS) is 16.2. The number of hydrogen-bond acceptors (Lipinski definition) is 0. The number of unbranched alkanes of at least 4 members (excludes halogenated alkanes) is 1. The first-order valence-electron chi connectivity index (χ1n) is 10.6. The van der Waals surface area contributed by atoms with Crippen LogP contribution in [-0.4, -0.2) is 12.3 Å². The Bertz CT molecular complexity index is 798. The molecule has 0 radical (unpaired) electrons. The van der Waals surface area contributed by atoms with Crippen molar-refractivity contribution in [3.8, 4) is 0 Å². The fourth-order valence-corrected chi connectivity index (χ4v) is 8.68. The van der Waals surface area contributed by atoms with Crippen molar-refractivity contribution in [2.45, 2.75) is 47.5 Å². The first-order chi connectivity index (χ1) is 14.4. The van der Waals surface area contributed by atoms with Crippen LogP contribution in [0, 0.1) is 5.41 Å². The minimum atomic E-state index is -0.101. The van der Waals surface area contributed by atoms with Crippen molar-refractivity contribution in [3.63, 3.8) is 0 Å². The Hall–Kier alpha value is -0.307. The molecule has 0 aromatic heterocycles. The molecular formula is C26H35ClP2Ru. The fourth-order valence-electron chi connectivity index (χ4n) is 3.50. The summed E-state index contributed by atoms with van der Waals surface area (Å²) in [5.74, 6) is 0. The van der Waals surface area contributed by atoms with Crippen molar-refractivity contribution in [2.24, 2.45) is 5.41 Å². The van der Waals surface area contributed by atoms with Crippen molar-refractivity contribution >= 4 is 37.5 Å². The van der Waals surface area contributed by atoms with Crippen LogP contribution in [0.5, 0.6) is 0 Å². The molecule has 0 N–H and O–H groups in total. The van der Waals surface area contributed by atoms with Gasteiger partial charge in [0.2, 0.25) is 0 Å². The van der Waals surface area contributed by atoms with Gasteiger partial charge in [0.25, 0.3) is 0 Å². The summed E-state index contributed by atoms with van der Waals surface area (Å²) in [6.45, 7) is 11.2. The smallest absolute Gasteiger partial charge is 0.0271 e. The summed E-state index contributed by atoms with van der Waals surface area (Å²) in [6.07, 6.45) is 5.44. The van der Waals surface area contributed by atoms with E-state index in [-0.39, 0.29) is 21.6 Å². The summed E-state index contributed by atoms with van der Waals surface area (Å²) in [6, 6.07) is 21.7. The van der Waals surface area contributed by atoms with Crippen LogP contribution >= 0.6 is 26.9 Å². The van der Waals surface area contributed by atoms with Gasteiger partial charge in [0.05, 0.1) is 0 Å². The first kappa shape index (κ1) is 25.9. The molecule has 0 saturated heterocycles. The molecule has 0 nitrogen and oxygen atoms in total. The molecule has 2 unspecified atom stereocenters. The minimum Gasteiger partial charge on any atom is -0.0904 e. The van der Waals surface area contributed by atoms with Crippen LogP contribution in [0.2, 0.25) is 0 Å². The third-order valence-electron chi connectivity index (χ3n) is 5.79. The molecule has 0 heterocycles. The third-order valence-corrected chi connectivity index (χ3v) is 11.3. The molecule has 0 spiro atoms. The topological polar surface area (TPSA) is 0 Å². The minimum absolute atomic E-state index is 0.101. The van der Waals surface area contributed by atoms with Gasteiger partial charge in [0.15, 0.2) is 0 Å². The third kappa shape index (κ3) is 7.68. The SMILES string of the molecule is CC1=C(C)C(C)(C)[C]([Ru][Cl])=C1C.c1ccc(PCCCCPc2ccccc2)cc1. The van der Waals surface area contributed by atoms with Crippen LogP contribution in [0.1, 0.15) is 47.5 Å². The van der Waals surface area contributed by atoms with Crippen molar-refractivity contribution in [1.29, 1.82) is 0 Å². The number of benzene rings is 2. The molecule has 3 rings (SSSR count). The molecule has 4 heteroatoms. The standard InChI is InChI=1S/C16H20P2.C10H15.ClH.Ru/c1-3-9-15(10-4-1)17-13-7-8-14-18-16-11-5-2-6-12-16;1-7-6-10(4,5)9(3)8(7)2;;/h1-6,9-12,17-18H,7-8,13-14H2;1-5H3;1H;/q;;;+1/p-1. The first-order valence-corrected chi connectivity index (χ1v) is 16.1. The molecular weight excluding hydrogens is 511 g/mol. The van der Waals surface area contributed by atoms with Crippen molar-refractivity contribution in [1.82, 2.24) is 0 Å². The maximum absolute atomic E-state index is 6.02. The second-order valence-electron chi connectivity index (χ2n) is 8.16. The number of rotatable bonds is 8. The van der Waals surface area contributed by atoms with E-state index in [1.165, 1.54) is 56.7 Å². The van der Waals surface area contributed by atoms with E-state index >= 15 is 0 Å². The molecule has 2 aromatic carbocycles. The Morgan fingerprint density at radius 1 is 0.733 bits per heavy atom. The van der Waals surface area contributed by atoms with Gasteiger partial charge in [-0.1, -0.05) is 77.8 Å². The predicted molar refractivity (Wildman–Crippen MR) is 138 cm³/mol. The number of halogens is 1. The summed E-state index contributed by atoms with van der Waals surface area (Å²) < 4.78 is 1.48. The number of allylic oxidation sites excluding steroid dienone is 4. The molecule has 2 atom stereocenters. The van der Waals surface area contributed by atoms with Crippen molar-refractivity contribution in [3.05, 3.63) is 81.6 Å². The second-order valence-corrected chi connectivity index (χ2v) is 13.0. The van der Waals surface area contributed by atoms with Crippen LogP contribution in [-0.2, 0) is 16.1 Å². The van der Waals surface area contributed by atoms with Crippen LogP contribution in [0.3, 0.4) is 0 Å². The Morgan fingerprint density at radius 3 is 1.47 bits per heavy atom. The molecule has 0 amide bonds. The molecule has 0 bridgehead atoms. The molecule has 0 fully saturated rings. The van der Waals surface area contributed by atoms with Crippen LogP contribution in [0.15, 0.2) is 81.6 Å². The maximum atomic E-state index is 6.02. The zero-order valence-corrected chi connectivity index (χ0v) is 23.3. The van der Waals surface area contributed by atoms with Gasteiger partial charge in [-0.2, -0.15) is 0 Å². The van der Waals surface area contributed by atoms with E-state index in [0.717, 1.165) is 17.2 Å². The van der Waals surface area contributed by atoms with Crippen molar-refractivity contribution in [2.75, 3.05) is 12.3 Å². The van der Waals surface area contributed by atoms with Crippen LogP contribution < -0.4 is 10.6 Å². The second kappa shape index (κ2) is 13.3. The van der Waals surface area contributed by atoms with E-state index < -0.39 is 0 Å². The van der Waals surface area contributed by atoms with Crippen molar-refractivity contribution < 1.29 is 16.1 Å². The summed E-state index contributed by atoms with van der Waals surface area (Å²) in [5, 5.41) is 3.01. The Kier molecular flexibility index (Phi) is 11.5. The quantitative estimate of drug-likeness (QED) is 0.182. The summed E-state index contributed by atoms with van der Waals surface area (Å²) in [7, 11) is 7.99. The molecule has 164 valence electrons. The van der Waals surface area contributed by atoms with Gasteiger partial charge < -0.3 is 0 Å². The van der Waals surface area contributed by atoms with Gasteiger partial charge in [0, 0.05) is 0 Å². The van der Waals surface area contributed by atoms with E-state index in [4.69, 9.17) is 9.69 Å². The van der Waals surface area contributed by atoms with Gasteiger partial charge >= 0.3 is 86.7 Å². The molecule has 0 saturated carbocycles. The monoisotopic (exact) mass is 546 g/mol. The van der Waals surface area contributed by atoms with Crippen LogP contribution in [0.4, 0.5) is 0 Å². The Labute approximate surface area is 199 Å². The van der Waals surface area contributed by atoms with E-state index in [9.17, 15) is 0 Å². The van der Waals surface area contributed by atoms with Gasteiger partial charge in [-0.05, 0) is 35.8 Å². The summed E-state index contributed by atoms with van der Waals surface area (Å²) >= 11 is -0.101. The maximum Gasteiger partial charge on any atom is -0.0271 e. The largest absolute Gasteiger partial charge is 0.0904 e. The predicted octanol–water partition coefficient (Wildman–Crippen LogP) is 7.65. The summed E-state index contributed by atoms with van der Waals surface area (Å²) in [5.41, 5.74) is 4.61. The van der Waals surface area contributed by atoms with E-state index in [0.29, 0.717) is 0 Å². The fraction of sp³-hybridized carbons (Fsp3) is 0.385. The Balaban J connectivity index is 0.000000232. The number of hydrogen-bond donors (Lipinski definition) is 0. The molecule has 1 aliphatic carbocycles. The zero-order chi connectivity index (χ0) is 22.0. The van der Waals surface area contributed by atoms with Crippen LogP contribution in [0.25, 0.3) is 0 Å². The Morgan fingerprint density at radius 2 is 1.17 bits per heavy atom. The zero-order valence-electron chi connectivity index (χ0n) is 18.8. The van der Waals surface area contributed by atoms with Gasteiger partial charge in [-0.3, -0.25) is 0 Å². The molecule has 0 aliphatic heterocycles. The van der Waals surface area contributed by atoms with Gasteiger partial charge in [-0.15, -0.1) is 0 Å². The molecule has 2 aromatic rings. The van der Waals surface area contributed by atoms with Gasteiger partial charge in [0.1, 0.15) is 0 Å². The summed E-state index contributed by atoms with van der Waals surface area (Å²) in [4.78, 5) is 0. The average molecular weight is 546 g/mol. The van der Waals surface area contributed by atoms with E-state index in [2.05, 4.69) is 95.3 Å².